The van der Waals surface area contributed by atoms with Crippen molar-refractivity contribution in [2.24, 2.45) is 0 Å². The van der Waals surface area contributed by atoms with Gasteiger partial charge in [0.05, 0.1) is 5.52 Å². The highest BCUT2D eigenvalue weighted by atomic mass is 79.9. The molecule has 0 amide bonds. The van der Waals surface area contributed by atoms with E-state index in [1.165, 1.54) is 0 Å². The number of rotatable bonds is 0. The van der Waals surface area contributed by atoms with Crippen molar-refractivity contribution in [3.8, 4) is 0 Å². The van der Waals surface area contributed by atoms with Crippen LogP contribution in [0.5, 0.6) is 0 Å². The van der Waals surface area contributed by atoms with Gasteiger partial charge in [-0.05, 0) is 35.0 Å². The van der Waals surface area contributed by atoms with E-state index in [1.54, 1.807) is 6.20 Å². The largest absolute Gasteiger partial charge is 0.261 e. The Kier molecular flexibility index (Phi) is 1.81. The molecule has 0 unspecified atom stereocenters. The molecule has 0 spiro atoms. The molecule has 2 aromatic rings. The van der Waals surface area contributed by atoms with E-state index in [0.717, 1.165) is 21.1 Å². The van der Waals surface area contributed by atoms with Crippen molar-refractivity contribution in [3.63, 3.8) is 0 Å². The van der Waals surface area contributed by atoms with Gasteiger partial charge in [-0.25, -0.2) is 0 Å². The summed E-state index contributed by atoms with van der Waals surface area (Å²) in [4.78, 5) is 8.43. The highest BCUT2D eigenvalue weighted by Crippen LogP contribution is 2.20. The Hall–Kier alpha value is -0.960. The maximum Gasteiger partial charge on any atom is 0.0746 e. The van der Waals surface area contributed by atoms with Crippen molar-refractivity contribution >= 4 is 26.8 Å². The van der Waals surface area contributed by atoms with E-state index in [-0.39, 0.29) is 0 Å². The Bertz CT molecular complexity index is 426. The minimum atomic E-state index is 0.983. The Morgan fingerprint density at radius 1 is 1.33 bits per heavy atom. The highest BCUT2D eigenvalue weighted by molar-refractivity contribution is 9.10. The van der Waals surface area contributed by atoms with Gasteiger partial charge in [0.15, 0.2) is 0 Å². The van der Waals surface area contributed by atoms with Crippen LogP contribution in [-0.2, 0) is 0 Å². The molecular formula is C9H7BrN2. The van der Waals surface area contributed by atoms with Crippen molar-refractivity contribution in [1.82, 2.24) is 9.97 Å². The Morgan fingerprint density at radius 3 is 3.00 bits per heavy atom. The molecule has 0 aliphatic rings. The van der Waals surface area contributed by atoms with Crippen LogP contribution in [0.15, 0.2) is 29.0 Å². The van der Waals surface area contributed by atoms with E-state index in [1.807, 2.05) is 25.3 Å². The molecule has 2 aromatic heterocycles. The summed E-state index contributed by atoms with van der Waals surface area (Å²) in [5.74, 6) is 0. The molecular weight excluding hydrogens is 216 g/mol. The molecule has 12 heavy (non-hydrogen) atoms. The molecule has 0 aliphatic heterocycles. The first kappa shape index (κ1) is 7.68. The zero-order valence-corrected chi connectivity index (χ0v) is 8.17. The summed E-state index contributed by atoms with van der Waals surface area (Å²) in [6.45, 7) is 1.96. The molecule has 0 radical (unpaired) electrons. The van der Waals surface area contributed by atoms with E-state index >= 15 is 0 Å². The van der Waals surface area contributed by atoms with E-state index in [9.17, 15) is 0 Å². The Labute approximate surface area is 78.8 Å². The lowest BCUT2D eigenvalue weighted by molar-refractivity contribution is 1.21. The average molecular weight is 223 g/mol. The molecule has 0 atom stereocenters. The molecule has 60 valence electrons. The van der Waals surface area contributed by atoms with Gasteiger partial charge in [-0.15, -0.1) is 0 Å². The standard InChI is InChI=1S/C9H7BrN2/c1-6-4-9-7(5-12-6)8(10)2-3-11-9/h2-5H,1H3. The first-order chi connectivity index (χ1) is 5.77. The van der Waals surface area contributed by atoms with Crippen LogP contribution in [0.25, 0.3) is 10.9 Å². The second-order valence-electron chi connectivity index (χ2n) is 2.64. The van der Waals surface area contributed by atoms with Crippen LogP contribution >= 0.6 is 15.9 Å². The summed E-state index contributed by atoms with van der Waals surface area (Å²) in [7, 11) is 0. The number of aryl methyl sites for hydroxylation is 1. The summed E-state index contributed by atoms with van der Waals surface area (Å²) in [5.41, 5.74) is 1.98. The third-order valence-electron chi connectivity index (χ3n) is 1.71. The molecule has 2 rings (SSSR count). The van der Waals surface area contributed by atoms with Crippen LogP contribution in [0, 0.1) is 6.92 Å². The highest BCUT2D eigenvalue weighted by Gasteiger charge is 1.98. The molecule has 3 heteroatoms. The molecule has 0 fully saturated rings. The van der Waals surface area contributed by atoms with Crippen molar-refractivity contribution in [2.45, 2.75) is 6.92 Å². The number of hydrogen-bond acceptors (Lipinski definition) is 2. The van der Waals surface area contributed by atoms with Gasteiger partial charge in [0.25, 0.3) is 0 Å². The maximum atomic E-state index is 4.23. The summed E-state index contributed by atoms with van der Waals surface area (Å²) in [5, 5.41) is 1.06. The van der Waals surface area contributed by atoms with Gasteiger partial charge in [-0.3, -0.25) is 9.97 Å². The molecule has 0 aliphatic carbocycles. The third kappa shape index (κ3) is 1.20. The van der Waals surface area contributed by atoms with Crippen LogP contribution in [-0.4, -0.2) is 9.97 Å². The van der Waals surface area contributed by atoms with Gasteiger partial charge < -0.3 is 0 Å². The quantitative estimate of drug-likeness (QED) is 0.686. The molecule has 0 bridgehead atoms. The molecule has 2 nitrogen and oxygen atoms in total. The molecule has 2 heterocycles. The molecule has 0 saturated heterocycles. The van der Waals surface area contributed by atoms with E-state index in [2.05, 4.69) is 25.9 Å². The van der Waals surface area contributed by atoms with Crippen LogP contribution in [0.2, 0.25) is 0 Å². The van der Waals surface area contributed by atoms with Crippen LogP contribution < -0.4 is 0 Å². The predicted molar refractivity (Wildman–Crippen MR) is 52.0 cm³/mol. The fourth-order valence-electron chi connectivity index (χ4n) is 1.11. The van der Waals surface area contributed by atoms with Crippen LogP contribution in [0.4, 0.5) is 0 Å². The summed E-state index contributed by atoms with van der Waals surface area (Å²) in [6.07, 6.45) is 3.62. The van der Waals surface area contributed by atoms with Crippen molar-refractivity contribution in [2.75, 3.05) is 0 Å². The third-order valence-corrected chi connectivity index (χ3v) is 2.40. The van der Waals surface area contributed by atoms with E-state index in [4.69, 9.17) is 0 Å². The second kappa shape index (κ2) is 2.83. The first-order valence-electron chi connectivity index (χ1n) is 3.64. The van der Waals surface area contributed by atoms with Crippen LogP contribution in [0.3, 0.4) is 0 Å². The average Bonchev–Trinajstić information content (AvgIpc) is 2.04. The predicted octanol–water partition coefficient (Wildman–Crippen LogP) is 2.70. The van der Waals surface area contributed by atoms with E-state index in [0.29, 0.717) is 0 Å². The number of hydrogen-bond donors (Lipinski definition) is 0. The summed E-state index contributed by atoms with van der Waals surface area (Å²) in [6, 6.07) is 3.89. The smallest absolute Gasteiger partial charge is 0.0746 e. The SMILES string of the molecule is Cc1cc2nccc(Br)c2cn1. The van der Waals surface area contributed by atoms with Gasteiger partial charge in [0, 0.05) is 27.9 Å². The van der Waals surface area contributed by atoms with Gasteiger partial charge in [0.1, 0.15) is 0 Å². The minimum absolute atomic E-state index is 0.983. The van der Waals surface area contributed by atoms with Gasteiger partial charge in [-0.2, -0.15) is 0 Å². The lowest BCUT2D eigenvalue weighted by Crippen LogP contribution is -1.84. The molecule has 0 aromatic carbocycles. The number of fused-ring (bicyclic) bond motifs is 1. The fourth-order valence-corrected chi connectivity index (χ4v) is 1.53. The minimum Gasteiger partial charge on any atom is -0.261 e. The number of nitrogens with zero attached hydrogens (tertiary/aromatic N) is 2. The summed E-state index contributed by atoms with van der Waals surface area (Å²) < 4.78 is 1.04. The topological polar surface area (TPSA) is 25.8 Å². The monoisotopic (exact) mass is 222 g/mol. The van der Waals surface area contributed by atoms with Gasteiger partial charge >= 0.3 is 0 Å². The van der Waals surface area contributed by atoms with Crippen molar-refractivity contribution in [1.29, 1.82) is 0 Å². The van der Waals surface area contributed by atoms with E-state index < -0.39 is 0 Å². The maximum absolute atomic E-state index is 4.23. The van der Waals surface area contributed by atoms with Crippen molar-refractivity contribution in [3.05, 3.63) is 34.7 Å². The molecule has 0 saturated carbocycles. The zero-order chi connectivity index (χ0) is 8.55. The zero-order valence-electron chi connectivity index (χ0n) is 6.58. The lowest BCUT2D eigenvalue weighted by Gasteiger charge is -1.98. The Morgan fingerprint density at radius 2 is 2.17 bits per heavy atom. The molecule has 0 N–H and O–H groups in total. The van der Waals surface area contributed by atoms with Crippen molar-refractivity contribution < 1.29 is 0 Å². The van der Waals surface area contributed by atoms with Gasteiger partial charge in [-0.1, -0.05) is 0 Å². The number of pyridine rings is 2. The second-order valence-corrected chi connectivity index (χ2v) is 3.49. The fraction of sp³-hybridized carbons (Fsp3) is 0.111. The summed E-state index contributed by atoms with van der Waals surface area (Å²) >= 11 is 3.44. The number of halogens is 1. The Balaban J connectivity index is 2.86. The van der Waals surface area contributed by atoms with Gasteiger partial charge in [0.2, 0.25) is 0 Å². The normalized spacial score (nSPS) is 10.5. The number of aromatic nitrogens is 2. The van der Waals surface area contributed by atoms with Crippen LogP contribution in [0.1, 0.15) is 5.69 Å². The first-order valence-corrected chi connectivity index (χ1v) is 4.43. The lowest BCUT2D eigenvalue weighted by atomic mass is 10.2.